The van der Waals surface area contributed by atoms with Crippen molar-refractivity contribution in [1.82, 2.24) is 10.2 Å². The number of piperidine rings is 1. The van der Waals surface area contributed by atoms with E-state index in [1.54, 1.807) is 0 Å². The van der Waals surface area contributed by atoms with Gasteiger partial charge in [-0.2, -0.15) is 5.26 Å². The van der Waals surface area contributed by atoms with Gasteiger partial charge in [-0.15, -0.1) is 0 Å². The molecule has 0 aromatic carbocycles. The lowest BCUT2D eigenvalue weighted by Crippen LogP contribution is -2.43. The number of nitriles is 1. The van der Waals surface area contributed by atoms with E-state index >= 15 is 0 Å². The summed E-state index contributed by atoms with van der Waals surface area (Å²) in [5.74, 6) is 0.791. The molecular formula is C11H19N3. The predicted molar refractivity (Wildman–Crippen MR) is 55.8 cm³/mol. The standard InChI is InChI=1S/C11H19N3/c12-5-8-14-7-2-3-10(9-14)11-4-1-6-13-11/h10-11,13H,1-4,6-9H2. The van der Waals surface area contributed by atoms with Crippen molar-refractivity contribution >= 4 is 0 Å². The van der Waals surface area contributed by atoms with E-state index < -0.39 is 0 Å². The molecule has 0 aliphatic carbocycles. The second kappa shape index (κ2) is 4.77. The Morgan fingerprint density at radius 1 is 1.36 bits per heavy atom. The maximum absolute atomic E-state index is 8.66. The third kappa shape index (κ3) is 2.26. The van der Waals surface area contributed by atoms with Crippen LogP contribution >= 0.6 is 0 Å². The quantitative estimate of drug-likeness (QED) is 0.664. The third-order valence-electron chi connectivity index (χ3n) is 3.50. The summed E-state index contributed by atoms with van der Waals surface area (Å²) >= 11 is 0. The lowest BCUT2D eigenvalue weighted by Gasteiger charge is -2.34. The first kappa shape index (κ1) is 9.95. The summed E-state index contributed by atoms with van der Waals surface area (Å²) in [5.41, 5.74) is 0. The van der Waals surface area contributed by atoms with E-state index in [4.69, 9.17) is 5.26 Å². The fraction of sp³-hybridized carbons (Fsp3) is 0.909. The highest BCUT2D eigenvalue weighted by Gasteiger charge is 2.28. The number of hydrogen-bond donors (Lipinski definition) is 1. The van der Waals surface area contributed by atoms with Crippen LogP contribution < -0.4 is 5.32 Å². The number of rotatable bonds is 2. The Balaban J connectivity index is 1.84. The molecule has 0 aromatic heterocycles. The highest BCUT2D eigenvalue weighted by molar-refractivity contribution is 4.88. The number of nitrogens with one attached hydrogen (secondary N) is 1. The van der Waals surface area contributed by atoms with Gasteiger partial charge >= 0.3 is 0 Å². The molecule has 2 rings (SSSR count). The van der Waals surface area contributed by atoms with Crippen molar-refractivity contribution < 1.29 is 0 Å². The van der Waals surface area contributed by atoms with Gasteiger partial charge < -0.3 is 5.32 Å². The zero-order valence-corrected chi connectivity index (χ0v) is 8.71. The second-order valence-corrected chi connectivity index (χ2v) is 4.50. The van der Waals surface area contributed by atoms with Crippen LogP contribution in [0.15, 0.2) is 0 Å². The smallest absolute Gasteiger partial charge is 0.0866 e. The van der Waals surface area contributed by atoms with Crippen LogP contribution in [0, 0.1) is 17.2 Å². The highest BCUT2D eigenvalue weighted by Crippen LogP contribution is 2.24. The maximum atomic E-state index is 8.66. The Labute approximate surface area is 86.1 Å². The molecule has 1 N–H and O–H groups in total. The van der Waals surface area contributed by atoms with Gasteiger partial charge in [-0.05, 0) is 44.7 Å². The van der Waals surface area contributed by atoms with Gasteiger partial charge in [0.15, 0.2) is 0 Å². The molecule has 2 saturated heterocycles. The molecular weight excluding hydrogens is 174 g/mol. The molecule has 0 amide bonds. The molecule has 2 aliphatic rings. The molecule has 3 nitrogen and oxygen atoms in total. The molecule has 0 bridgehead atoms. The molecule has 0 spiro atoms. The van der Waals surface area contributed by atoms with E-state index in [9.17, 15) is 0 Å². The third-order valence-corrected chi connectivity index (χ3v) is 3.50. The first-order valence-corrected chi connectivity index (χ1v) is 5.73. The lowest BCUT2D eigenvalue weighted by atomic mass is 9.90. The van der Waals surface area contributed by atoms with Crippen LogP contribution in [0.1, 0.15) is 25.7 Å². The first-order valence-electron chi connectivity index (χ1n) is 5.73. The van der Waals surface area contributed by atoms with Crippen LogP contribution in [0.4, 0.5) is 0 Å². The fourth-order valence-electron chi connectivity index (χ4n) is 2.78. The average Bonchev–Trinajstić information content (AvgIpc) is 2.71. The summed E-state index contributed by atoms with van der Waals surface area (Å²) < 4.78 is 0. The van der Waals surface area contributed by atoms with Crippen LogP contribution in [-0.2, 0) is 0 Å². The predicted octanol–water partition coefficient (Wildman–Crippen LogP) is 0.974. The van der Waals surface area contributed by atoms with Crippen LogP contribution in [0.3, 0.4) is 0 Å². The van der Waals surface area contributed by atoms with Crippen molar-refractivity contribution in [3.8, 4) is 6.07 Å². The van der Waals surface area contributed by atoms with Crippen molar-refractivity contribution in [2.24, 2.45) is 5.92 Å². The molecule has 0 saturated carbocycles. The van der Waals surface area contributed by atoms with Crippen molar-refractivity contribution in [3.05, 3.63) is 0 Å². The molecule has 0 radical (unpaired) electrons. The summed E-state index contributed by atoms with van der Waals surface area (Å²) in [4.78, 5) is 2.30. The van der Waals surface area contributed by atoms with Gasteiger partial charge in [-0.1, -0.05) is 0 Å². The second-order valence-electron chi connectivity index (χ2n) is 4.50. The Bertz CT molecular complexity index is 215. The average molecular weight is 193 g/mol. The van der Waals surface area contributed by atoms with Crippen molar-refractivity contribution in [2.45, 2.75) is 31.7 Å². The zero-order chi connectivity index (χ0) is 9.80. The summed E-state index contributed by atoms with van der Waals surface area (Å²) in [6.45, 7) is 4.06. The number of likely N-dealkylation sites (tertiary alicyclic amines) is 1. The molecule has 14 heavy (non-hydrogen) atoms. The Hall–Kier alpha value is -0.590. The van der Waals surface area contributed by atoms with Gasteiger partial charge in [0, 0.05) is 12.6 Å². The Kier molecular flexibility index (Phi) is 3.39. The summed E-state index contributed by atoms with van der Waals surface area (Å²) in [7, 11) is 0. The van der Waals surface area contributed by atoms with E-state index in [0.29, 0.717) is 6.54 Å². The van der Waals surface area contributed by atoms with Gasteiger partial charge in [-0.25, -0.2) is 0 Å². The normalized spacial score (nSPS) is 34.2. The van der Waals surface area contributed by atoms with E-state index in [0.717, 1.165) is 25.0 Å². The van der Waals surface area contributed by atoms with E-state index in [1.807, 2.05) is 0 Å². The minimum absolute atomic E-state index is 0.614. The van der Waals surface area contributed by atoms with Gasteiger partial charge in [0.05, 0.1) is 12.6 Å². The zero-order valence-electron chi connectivity index (χ0n) is 8.71. The van der Waals surface area contributed by atoms with Crippen molar-refractivity contribution in [2.75, 3.05) is 26.2 Å². The van der Waals surface area contributed by atoms with Gasteiger partial charge in [0.1, 0.15) is 0 Å². The summed E-state index contributed by atoms with van der Waals surface area (Å²) in [6, 6.07) is 2.99. The van der Waals surface area contributed by atoms with Crippen molar-refractivity contribution in [1.29, 1.82) is 5.26 Å². The molecule has 2 unspecified atom stereocenters. The van der Waals surface area contributed by atoms with E-state index in [2.05, 4.69) is 16.3 Å². The molecule has 0 aromatic rings. The molecule has 2 fully saturated rings. The van der Waals surface area contributed by atoms with E-state index in [1.165, 1.54) is 32.2 Å². The molecule has 2 heterocycles. The summed E-state index contributed by atoms with van der Waals surface area (Å²) in [5, 5.41) is 12.2. The molecule has 2 atom stereocenters. The van der Waals surface area contributed by atoms with Crippen LogP contribution in [0.5, 0.6) is 0 Å². The highest BCUT2D eigenvalue weighted by atomic mass is 15.1. The largest absolute Gasteiger partial charge is 0.314 e. The lowest BCUT2D eigenvalue weighted by molar-refractivity contribution is 0.167. The molecule has 78 valence electrons. The molecule has 3 heteroatoms. The van der Waals surface area contributed by atoms with Crippen LogP contribution in [0.25, 0.3) is 0 Å². The Morgan fingerprint density at radius 2 is 2.29 bits per heavy atom. The van der Waals surface area contributed by atoms with Crippen molar-refractivity contribution in [3.63, 3.8) is 0 Å². The minimum atomic E-state index is 0.614. The summed E-state index contributed by atoms with van der Waals surface area (Å²) in [6.07, 6.45) is 5.29. The van der Waals surface area contributed by atoms with Crippen LogP contribution in [0.2, 0.25) is 0 Å². The topological polar surface area (TPSA) is 39.1 Å². The Morgan fingerprint density at radius 3 is 3.00 bits per heavy atom. The maximum Gasteiger partial charge on any atom is 0.0866 e. The molecule has 2 aliphatic heterocycles. The number of hydrogen-bond acceptors (Lipinski definition) is 3. The van der Waals surface area contributed by atoms with E-state index in [-0.39, 0.29) is 0 Å². The fourth-order valence-corrected chi connectivity index (χ4v) is 2.78. The van der Waals surface area contributed by atoms with Gasteiger partial charge in [-0.3, -0.25) is 4.90 Å². The first-order chi connectivity index (χ1) is 6.90. The monoisotopic (exact) mass is 193 g/mol. The van der Waals surface area contributed by atoms with Gasteiger partial charge in [0.2, 0.25) is 0 Å². The SMILES string of the molecule is N#CCN1CCCC(C2CCCN2)C1. The number of nitrogens with zero attached hydrogens (tertiary/aromatic N) is 2. The van der Waals surface area contributed by atoms with Gasteiger partial charge in [0.25, 0.3) is 0 Å². The minimum Gasteiger partial charge on any atom is -0.314 e. The van der Waals surface area contributed by atoms with Crippen LogP contribution in [-0.4, -0.2) is 37.1 Å².